The SMILES string of the molecule is COCCCCNC(=O)c1cccc([N+](=O)[O-])c1Br. The van der Waals surface area contributed by atoms with Crippen LogP contribution >= 0.6 is 15.9 Å². The number of ether oxygens (including phenoxy) is 1. The fourth-order valence-corrected chi connectivity index (χ4v) is 2.09. The normalized spacial score (nSPS) is 10.2. The maximum absolute atomic E-state index is 11.9. The Hall–Kier alpha value is -1.47. The zero-order valence-electron chi connectivity index (χ0n) is 10.5. The van der Waals surface area contributed by atoms with Crippen molar-refractivity contribution in [2.24, 2.45) is 0 Å². The highest BCUT2D eigenvalue weighted by molar-refractivity contribution is 9.10. The average Bonchev–Trinajstić information content (AvgIpc) is 2.38. The van der Waals surface area contributed by atoms with Crippen molar-refractivity contribution < 1.29 is 14.5 Å². The molecule has 0 aliphatic carbocycles. The quantitative estimate of drug-likeness (QED) is 0.473. The number of hydrogen-bond acceptors (Lipinski definition) is 4. The Balaban J connectivity index is 2.62. The van der Waals surface area contributed by atoms with E-state index in [1.165, 1.54) is 12.1 Å². The monoisotopic (exact) mass is 330 g/mol. The maximum atomic E-state index is 11.9. The zero-order chi connectivity index (χ0) is 14.3. The van der Waals surface area contributed by atoms with Gasteiger partial charge in [-0.15, -0.1) is 0 Å². The Morgan fingerprint density at radius 1 is 1.47 bits per heavy atom. The summed E-state index contributed by atoms with van der Waals surface area (Å²) in [4.78, 5) is 22.1. The highest BCUT2D eigenvalue weighted by Gasteiger charge is 2.18. The molecule has 1 aromatic carbocycles. The third kappa shape index (κ3) is 4.60. The number of nitro groups is 1. The average molecular weight is 331 g/mol. The Kier molecular flexibility index (Phi) is 6.44. The van der Waals surface area contributed by atoms with Gasteiger partial charge in [-0.1, -0.05) is 6.07 Å². The Bertz CT molecular complexity index is 465. The number of nitrogens with one attached hydrogen (secondary N) is 1. The first-order valence-corrected chi connectivity index (χ1v) is 6.57. The van der Waals surface area contributed by atoms with Crippen LogP contribution in [0.4, 0.5) is 5.69 Å². The number of rotatable bonds is 7. The third-order valence-corrected chi connectivity index (χ3v) is 3.31. The van der Waals surface area contributed by atoms with E-state index in [9.17, 15) is 14.9 Å². The molecule has 1 N–H and O–H groups in total. The highest BCUT2D eigenvalue weighted by Crippen LogP contribution is 2.28. The molecule has 104 valence electrons. The van der Waals surface area contributed by atoms with Gasteiger partial charge < -0.3 is 10.1 Å². The molecule has 6 nitrogen and oxygen atoms in total. The molecule has 0 aliphatic rings. The van der Waals surface area contributed by atoms with E-state index < -0.39 is 4.92 Å². The van der Waals surface area contributed by atoms with E-state index in [2.05, 4.69) is 21.2 Å². The number of methoxy groups -OCH3 is 1. The number of carbonyl (C=O) groups excluding carboxylic acids is 1. The van der Waals surface area contributed by atoms with Gasteiger partial charge in [0.15, 0.2) is 0 Å². The van der Waals surface area contributed by atoms with Crippen LogP contribution in [0.1, 0.15) is 23.2 Å². The van der Waals surface area contributed by atoms with Gasteiger partial charge >= 0.3 is 0 Å². The molecule has 1 aromatic rings. The van der Waals surface area contributed by atoms with Gasteiger partial charge in [-0.05, 0) is 34.8 Å². The number of nitrogens with zero attached hydrogens (tertiary/aromatic N) is 1. The lowest BCUT2D eigenvalue weighted by Crippen LogP contribution is -2.25. The molecule has 0 aromatic heterocycles. The van der Waals surface area contributed by atoms with Crippen LogP contribution in [-0.4, -0.2) is 31.1 Å². The van der Waals surface area contributed by atoms with Gasteiger partial charge in [0.2, 0.25) is 0 Å². The Morgan fingerprint density at radius 2 is 2.21 bits per heavy atom. The van der Waals surface area contributed by atoms with Crippen molar-refractivity contribution in [1.82, 2.24) is 5.32 Å². The second-order valence-corrected chi connectivity index (χ2v) is 4.64. The second kappa shape index (κ2) is 7.85. The number of carbonyl (C=O) groups is 1. The molecule has 0 heterocycles. The standard InChI is InChI=1S/C12H15BrN2O4/c1-19-8-3-2-7-14-12(16)9-5-4-6-10(11(9)13)15(17)18/h4-6H,2-3,7-8H2,1H3,(H,14,16). The van der Waals surface area contributed by atoms with E-state index in [0.29, 0.717) is 13.2 Å². The minimum Gasteiger partial charge on any atom is -0.385 e. The molecule has 0 saturated carbocycles. The van der Waals surface area contributed by atoms with Gasteiger partial charge in [-0.2, -0.15) is 0 Å². The first kappa shape index (κ1) is 15.6. The molecule has 0 fully saturated rings. The van der Waals surface area contributed by atoms with Crippen LogP contribution in [0.3, 0.4) is 0 Å². The van der Waals surface area contributed by atoms with Crippen LogP contribution in [0, 0.1) is 10.1 Å². The van der Waals surface area contributed by atoms with Crippen molar-refractivity contribution in [1.29, 1.82) is 0 Å². The summed E-state index contributed by atoms with van der Waals surface area (Å²) in [5.74, 6) is -0.326. The third-order valence-electron chi connectivity index (χ3n) is 2.48. The van der Waals surface area contributed by atoms with Crippen molar-refractivity contribution >= 4 is 27.5 Å². The fraction of sp³-hybridized carbons (Fsp3) is 0.417. The number of hydrogen-bond donors (Lipinski definition) is 1. The number of nitro benzene ring substituents is 1. The van der Waals surface area contributed by atoms with Crippen LogP contribution < -0.4 is 5.32 Å². The van der Waals surface area contributed by atoms with E-state index in [4.69, 9.17) is 4.74 Å². The van der Waals surface area contributed by atoms with Crippen molar-refractivity contribution in [2.75, 3.05) is 20.3 Å². The van der Waals surface area contributed by atoms with Gasteiger partial charge in [0.05, 0.1) is 10.5 Å². The molecule has 0 atom stereocenters. The molecule has 0 radical (unpaired) electrons. The predicted octanol–water partition coefficient (Wildman–Crippen LogP) is 2.51. The highest BCUT2D eigenvalue weighted by atomic mass is 79.9. The summed E-state index contributed by atoms with van der Waals surface area (Å²) in [6, 6.07) is 4.38. The van der Waals surface area contributed by atoms with Crippen LogP contribution in [0.5, 0.6) is 0 Å². The molecule has 0 saturated heterocycles. The van der Waals surface area contributed by atoms with Crippen LogP contribution in [0.2, 0.25) is 0 Å². The second-order valence-electron chi connectivity index (χ2n) is 3.85. The molecular formula is C12H15BrN2O4. The van der Waals surface area contributed by atoms with Crippen LogP contribution in [0.25, 0.3) is 0 Å². The summed E-state index contributed by atoms with van der Waals surface area (Å²) < 4.78 is 5.10. The number of halogens is 1. The van der Waals surface area contributed by atoms with Crippen molar-refractivity contribution in [3.8, 4) is 0 Å². The molecule has 7 heteroatoms. The lowest BCUT2D eigenvalue weighted by Gasteiger charge is -2.07. The zero-order valence-corrected chi connectivity index (χ0v) is 12.1. The molecular weight excluding hydrogens is 316 g/mol. The minimum atomic E-state index is -0.528. The summed E-state index contributed by atoms with van der Waals surface area (Å²) >= 11 is 3.09. The molecule has 19 heavy (non-hydrogen) atoms. The summed E-state index contributed by atoms with van der Waals surface area (Å²) in [6.07, 6.45) is 1.65. The lowest BCUT2D eigenvalue weighted by molar-refractivity contribution is -0.385. The maximum Gasteiger partial charge on any atom is 0.284 e. The predicted molar refractivity (Wildman–Crippen MR) is 74.2 cm³/mol. The fourth-order valence-electron chi connectivity index (χ4n) is 1.50. The van der Waals surface area contributed by atoms with Gasteiger partial charge in [-0.3, -0.25) is 14.9 Å². The lowest BCUT2D eigenvalue weighted by atomic mass is 10.2. The topological polar surface area (TPSA) is 81.5 Å². The minimum absolute atomic E-state index is 0.118. The molecule has 1 amide bonds. The van der Waals surface area contributed by atoms with Crippen molar-refractivity contribution in [3.63, 3.8) is 0 Å². The summed E-state index contributed by atoms with van der Waals surface area (Å²) in [5.41, 5.74) is 0.146. The van der Waals surface area contributed by atoms with Crippen LogP contribution in [0.15, 0.2) is 22.7 Å². The molecule has 0 aliphatic heterocycles. The Labute approximate surface area is 119 Å². The summed E-state index contributed by atoms with van der Waals surface area (Å²) in [5, 5.41) is 13.5. The summed E-state index contributed by atoms with van der Waals surface area (Å²) in [6.45, 7) is 1.16. The molecule has 1 rings (SSSR count). The van der Waals surface area contributed by atoms with Gasteiger partial charge in [-0.25, -0.2) is 0 Å². The van der Waals surface area contributed by atoms with Crippen LogP contribution in [-0.2, 0) is 4.74 Å². The number of amides is 1. The summed E-state index contributed by atoms with van der Waals surface area (Å²) in [7, 11) is 1.62. The van der Waals surface area contributed by atoms with E-state index >= 15 is 0 Å². The van der Waals surface area contributed by atoms with Gasteiger partial charge in [0, 0.05) is 26.3 Å². The van der Waals surface area contributed by atoms with E-state index in [0.717, 1.165) is 12.8 Å². The van der Waals surface area contributed by atoms with E-state index in [1.54, 1.807) is 13.2 Å². The van der Waals surface area contributed by atoms with E-state index in [1.807, 2.05) is 0 Å². The van der Waals surface area contributed by atoms with Crippen molar-refractivity contribution in [2.45, 2.75) is 12.8 Å². The first-order chi connectivity index (χ1) is 9.07. The molecule has 0 spiro atoms. The van der Waals surface area contributed by atoms with E-state index in [-0.39, 0.29) is 21.6 Å². The molecule has 0 bridgehead atoms. The number of benzene rings is 1. The van der Waals surface area contributed by atoms with Crippen molar-refractivity contribution in [3.05, 3.63) is 38.3 Å². The van der Waals surface area contributed by atoms with Gasteiger partial charge in [0.25, 0.3) is 11.6 Å². The first-order valence-electron chi connectivity index (χ1n) is 5.78. The number of unbranched alkanes of at least 4 members (excludes halogenated alkanes) is 1. The Morgan fingerprint density at radius 3 is 2.84 bits per heavy atom. The molecule has 0 unspecified atom stereocenters. The smallest absolute Gasteiger partial charge is 0.284 e. The van der Waals surface area contributed by atoms with Gasteiger partial charge in [0.1, 0.15) is 4.47 Å². The largest absolute Gasteiger partial charge is 0.385 e.